The van der Waals surface area contributed by atoms with Crippen molar-refractivity contribution < 1.29 is 28.9 Å². The second-order valence-electron chi connectivity index (χ2n) is 7.55. The molecule has 0 saturated carbocycles. The topological polar surface area (TPSA) is 95.0 Å². The fraction of sp³-hybridized carbons (Fsp3) is 0.269. The zero-order valence-corrected chi connectivity index (χ0v) is 20.9. The number of carbonyl (C=O) groups is 2. The first kappa shape index (κ1) is 26.6. The molecule has 1 N–H and O–H groups in total. The summed E-state index contributed by atoms with van der Waals surface area (Å²) in [4.78, 5) is 30.2. The van der Waals surface area contributed by atoms with Gasteiger partial charge in [0.25, 0.3) is 0 Å². The van der Waals surface area contributed by atoms with Gasteiger partial charge < -0.3 is 19.3 Å². The minimum Gasteiger partial charge on any atom is -0.493 e. The summed E-state index contributed by atoms with van der Waals surface area (Å²) in [5.41, 5.74) is 2.68. The van der Waals surface area contributed by atoms with Crippen molar-refractivity contribution in [3.63, 3.8) is 0 Å². The molecule has 2 aromatic carbocycles. The van der Waals surface area contributed by atoms with Crippen LogP contribution >= 0.6 is 23.2 Å². The number of methoxy groups -OCH3 is 2. The van der Waals surface area contributed by atoms with Crippen LogP contribution in [0.1, 0.15) is 39.3 Å². The van der Waals surface area contributed by atoms with Crippen molar-refractivity contribution >= 4 is 34.8 Å². The smallest absolute Gasteiger partial charge is 0.181 e. The summed E-state index contributed by atoms with van der Waals surface area (Å²) in [6.07, 6.45) is -0.0101. The van der Waals surface area contributed by atoms with Gasteiger partial charge in [0, 0.05) is 36.6 Å². The van der Waals surface area contributed by atoms with Crippen molar-refractivity contribution in [1.82, 2.24) is 4.98 Å². The second kappa shape index (κ2) is 12.7. The van der Waals surface area contributed by atoms with Crippen molar-refractivity contribution in [3.8, 4) is 22.8 Å². The summed E-state index contributed by atoms with van der Waals surface area (Å²) in [5.74, 6) is 0.311. The van der Waals surface area contributed by atoms with E-state index in [0.29, 0.717) is 45.0 Å². The third-order valence-corrected chi connectivity index (χ3v) is 5.91. The number of carbonyl (C=O) groups excluding carboxylic acids is 2. The minimum absolute atomic E-state index is 0.00242. The third kappa shape index (κ3) is 6.80. The van der Waals surface area contributed by atoms with E-state index in [4.69, 9.17) is 42.5 Å². The molecule has 0 saturated heterocycles. The summed E-state index contributed by atoms with van der Waals surface area (Å²) >= 11 is 12.2. The van der Waals surface area contributed by atoms with E-state index in [9.17, 15) is 9.59 Å². The van der Waals surface area contributed by atoms with Crippen molar-refractivity contribution in [2.45, 2.75) is 19.4 Å². The van der Waals surface area contributed by atoms with Crippen molar-refractivity contribution in [2.24, 2.45) is 0 Å². The van der Waals surface area contributed by atoms with Gasteiger partial charge in [0.15, 0.2) is 23.1 Å². The Balaban J connectivity index is 1.76. The molecular formula is C26H25Cl2NO6. The molecule has 3 rings (SSSR count). The number of halogens is 2. The number of pyridine rings is 1. The van der Waals surface area contributed by atoms with Gasteiger partial charge in [0.05, 0.1) is 36.1 Å². The molecule has 0 atom stereocenters. The van der Waals surface area contributed by atoms with Gasteiger partial charge in [-0.3, -0.25) is 9.59 Å². The fourth-order valence-electron chi connectivity index (χ4n) is 3.42. The van der Waals surface area contributed by atoms with Crippen molar-refractivity contribution in [1.29, 1.82) is 0 Å². The van der Waals surface area contributed by atoms with Crippen molar-refractivity contribution in [2.75, 3.05) is 27.4 Å². The van der Waals surface area contributed by atoms with Gasteiger partial charge in [-0.1, -0.05) is 35.3 Å². The highest BCUT2D eigenvalue weighted by Crippen LogP contribution is 2.31. The number of rotatable bonds is 12. The molecule has 0 radical (unpaired) electrons. The minimum atomic E-state index is -0.265. The highest BCUT2D eigenvalue weighted by atomic mass is 35.5. The molecule has 0 amide bonds. The van der Waals surface area contributed by atoms with Crippen LogP contribution in [-0.2, 0) is 11.3 Å². The highest BCUT2D eigenvalue weighted by molar-refractivity contribution is 6.42. The summed E-state index contributed by atoms with van der Waals surface area (Å²) in [6, 6.07) is 13.3. The molecule has 3 aromatic rings. The summed E-state index contributed by atoms with van der Waals surface area (Å²) in [6.45, 7) is 0.271. The highest BCUT2D eigenvalue weighted by Gasteiger charge is 2.17. The van der Waals surface area contributed by atoms with Gasteiger partial charge in [-0.15, -0.1) is 0 Å². The first-order valence-electron chi connectivity index (χ1n) is 10.8. The first-order valence-corrected chi connectivity index (χ1v) is 11.6. The maximum Gasteiger partial charge on any atom is 0.181 e. The van der Waals surface area contributed by atoms with Gasteiger partial charge >= 0.3 is 0 Å². The van der Waals surface area contributed by atoms with E-state index in [1.54, 1.807) is 55.6 Å². The Morgan fingerprint density at radius 2 is 1.69 bits per heavy atom. The number of nitrogens with zero attached hydrogens (tertiary/aromatic N) is 1. The largest absolute Gasteiger partial charge is 0.493 e. The molecule has 1 heterocycles. The van der Waals surface area contributed by atoms with Crippen LogP contribution in [0.4, 0.5) is 0 Å². The van der Waals surface area contributed by atoms with Crippen LogP contribution in [0.15, 0.2) is 48.5 Å². The molecule has 0 aliphatic carbocycles. The van der Waals surface area contributed by atoms with Gasteiger partial charge in [0.2, 0.25) is 0 Å². The molecule has 0 aliphatic heterocycles. The van der Waals surface area contributed by atoms with Crippen LogP contribution in [0.2, 0.25) is 10.0 Å². The number of benzene rings is 2. The standard InChI is InChI=1S/C26H25Cl2NO6/c1-33-15-18-4-7-21(29-26(18)17-3-6-19(27)20(28)13-17)23(32)9-8-22(31)16-5-10-24(35-12-11-30)25(14-16)34-2/h3-7,10,13-14,30H,8-9,11-12,15H2,1-2H3. The number of ketones is 2. The molecule has 7 nitrogen and oxygen atoms in total. The van der Waals surface area contributed by atoms with Gasteiger partial charge in [-0.05, 0) is 36.4 Å². The van der Waals surface area contributed by atoms with E-state index in [-0.39, 0.29) is 43.3 Å². The van der Waals surface area contributed by atoms with Crippen LogP contribution in [0.3, 0.4) is 0 Å². The second-order valence-corrected chi connectivity index (χ2v) is 8.36. The monoisotopic (exact) mass is 517 g/mol. The Hall–Kier alpha value is -2.97. The zero-order valence-electron chi connectivity index (χ0n) is 19.3. The van der Waals surface area contributed by atoms with Crippen molar-refractivity contribution in [3.05, 3.63) is 75.4 Å². The van der Waals surface area contributed by atoms with Crippen LogP contribution in [-0.4, -0.2) is 49.1 Å². The van der Waals surface area contributed by atoms with Crippen LogP contribution in [0.5, 0.6) is 11.5 Å². The maximum absolute atomic E-state index is 12.9. The maximum atomic E-state index is 12.9. The Bertz CT molecular complexity index is 1210. The van der Waals surface area contributed by atoms with E-state index in [2.05, 4.69) is 4.98 Å². The molecule has 1 aromatic heterocycles. The lowest BCUT2D eigenvalue weighted by atomic mass is 10.0. The molecule has 0 aliphatic rings. The molecule has 35 heavy (non-hydrogen) atoms. The molecule has 184 valence electrons. The number of ether oxygens (including phenoxy) is 3. The van der Waals surface area contributed by atoms with E-state index in [1.165, 1.54) is 7.11 Å². The summed E-state index contributed by atoms with van der Waals surface area (Å²) < 4.78 is 15.9. The Labute approximate surface area is 213 Å². The Kier molecular flexibility index (Phi) is 9.63. The predicted octanol–water partition coefficient (Wildman–Crippen LogP) is 5.43. The summed E-state index contributed by atoms with van der Waals surface area (Å²) in [7, 11) is 3.03. The summed E-state index contributed by atoms with van der Waals surface area (Å²) in [5, 5.41) is 9.71. The number of hydrogen-bond donors (Lipinski definition) is 1. The first-order chi connectivity index (χ1) is 16.9. The molecular weight excluding hydrogens is 493 g/mol. The Morgan fingerprint density at radius 3 is 2.37 bits per heavy atom. The molecule has 0 unspecified atom stereocenters. The quantitative estimate of drug-likeness (QED) is 0.320. The fourth-order valence-corrected chi connectivity index (χ4v) is 3.72. The molecule has 0 spiro atoms. The normalized spacial score (nSPS) is 10.8. The molecule has 9 heteroatoms. The van der Waals surface area contributed by atoms with Gasteiger partial charge in [-0.2, -0.15) is 0 Å². The lowest BCUT2D eigenvalue weighted by Crippen LogP contribution is -2.09. The number of Topliss-reactive ketones (excluding diaryl/α,β-unsaturated/α-hetero) is 2. The SMILES string of the molecule is COCc1ccc(C(=O)CCC(=O)c2ccc(OCCO)c(OC)c2)nc1-c1ccc(Cl)c(Cl)c1. The Morgan fingerprint density at radius 1 is 0.914 bits per heavy atom. The number of aliphatic hydroxyl groups is 1. The number of hydrogen-bond acceptors (Lipinski definition) is 7. The zero-order chi connectivity index (χ0) is 25.4. The van der Waals surface area contributed by atoms with Crippen LogP contribution in [0.25, 0.3) is 11.3 Å². The van der Waals surface area contributed by atoms with E-state index >= 15 is 0 Å². The van der Waals surface area contributed by atoms with E-state index in [0.717, 1.165) is 5.56 Å². The number of aromatic nitrogens is 1. The van der Waals surface area contributed by atoms with Crippen LogP contribution in [0, 0.1) is 0 Å². The lowest BCUT2D eigenvalue weighted by molar-refractivity contribution is 0.0914. The lowest BCUT2D eigenvalue weighted by Gasteiger charge is -2.12. The van der Waals surface area contributed by atoms with Gasteiger partial charge in [-0.25, -0.2) is 4.98 Å². The van der Waals surface area contributed by atoms with Gasteiger partial charge in [0.1, 0.15) is 12.3 Å². The number of aliphatic hydroxyl groups excluding tert-OH is 1. The van der Waals surface area contributed by atoms with E-state index in [1.807, 2.05) is 0 Å². The molecule has 0 bridgehead atoms. The average molecular weight is 518 g/mol. The van der Waals surface area contributed by atoms with Crippen LogP contribution < -0.4 is 9.47 Å². The van der Waals surface area contributed by atoms with E-state index < -0.39 is 0 Å². The molecule has 0 fully saturated rings. The average Bonchev–Trinajstić information content (AvgIpc) is 2.87. The predicted molar refractivity (Wildman–Crippen MR) is 134 cm³/mol. The third-order valence-electron chi connectivity index (χ3n) is 5.17.